The number of nitrogens with two attached hydrogens (primary N) is 1. The van der Waals surface area contributed by atoms with Gasteiger partial charge in [0, 0.05) is 11.1 Å². The van der Waals surface area contributed by atoms with Crippen LogP contribution in [0.2, 0.25) is 0 Å². The minimum atomic E-state index is -0.222. The molecule has 0 unspecified atom stereocenters. The minimum absolute atomic E-state index is 0.222. The maximum atomic E-state index is 13.3. The number of hydrogen-bond acceptors (Lipinski definition) is 4. The van der Waals surface area contributed by atoms with Crippen LogP contribution in [0.15, 0.2) is 65.5 Å². The molecule has 2 heterocycles. The highest BCUT2D eigenvalue weighted by molar-refractivity contribution is 7.71. The molecule has 0 saturated carbocycles. The highest BCUT2D eigenvalue weighted by Gasteiger charge is 2.25. The van der Waals surface area contributed by atoms with E-state index < -0.39 is 0 Å². The van der Waals surface area contributed by atoms with E-state index in [9.17, 15) is 4.79 Å². The van der Waals surface area contributed by atoms with Crippen LogP contribution in [-0.4, -0.2) is 14.3 Å². The van der Waals surface area contributed by atoms with Crippen LogP contribution in [0.4, 0.5) is 5.82 Å². The first-order valence-electron chi connectivity index (χ1n) is 8.77. The van der Waals surface area contributed by atoms with Crippen molar-refractivity contribution < 1.29 is 0 Å². The predicted molar refractivity (Wildman–Crippen MR) is 109 cm³/mol. The zero-order valence-electron chi connectivity index (χ0n) is 14.4. The lowest BCUT2D eigenvalue weighted by Gasteiger charge is -2.16. The Bertz CT molecular complexity index is 1310. The monoisotopic (exact) mass is 372 g/mol. The molecule has 0 amide bonds. The number of benzene rings is 2. The van der Waals surface area contributed by atoms with E-state index in [1.807, 2.05) is 60.7 Å². The summed E-state index contributed by atoms with van der Waals surface area (Å²) in [4.78, 5) is 13.3. The largest absolute Gasteiger partial charge is 0.384 e. The fraction of sp³-hybridized carbons (Fsp3) is 0.0952. The summed E-state index contributed by atoms with van der Waals surface area (Å²) in [6.45, 7) is 0. The van der Waals surface area contributed by atoms with Crippen molar-refractivity contribution in [2.45, 2.75) is 12.8 Å². The van der Waals surface area contributed by atoms with Crippen molar-refractivity contribution in [3.8, 4) is 11.4 Å². The highest BCUT2D eigenvalue weighted by Crippen LogP contribution is 2.34. The van der Waals surface area contributed by atoms with Gasteiger partial charge in [0.25, 0.3) is 5.56 Å². The fourth-order valence-electron chi connectivity index (χ4n) is 3.83. The van der Waals surface area contributed by atoms with Gasteiger partial charge in [0.2, 0.25) is 0 Å². The van der Waals surface area contributed by atoms with Crippen LogP contribution in [0.1, 0.15) is 11.3 Å². The van der Waals surface area contributed by atoms with Gasteiger partial charge >= 0.3 is 0 Å². The Morgan fingerprint density at radius 2 is 1.52 bits per heavy atom. The highest BCUT2D eigenvalue weighted by atomic mass is 32.1. The number of aromatic nitrogens is 3. The third-order valence-electron chi connectivity index (χ3n) is 5.05. The molecule has 0 spiro atoms. The van der Waals surface area contributed by atoms with Crippen LogP contribution in [0.5, 0.6) is 0 Å². The van der Waals surface area contributed by atoms with E-state index >= 15 is 0 Å². The van der Waals surface area contributed by atoms with Gasteiger partial charge in [-0.3, -0.25) is 9.36 Å². The SMILES string of the molecule is Nc1c2c(=O)n(-c3ccccc3)nc3c2c(c(=S)n1-c1ccccc1)CC3. The summed E-state index contributed by atoms with van der Waals surface area (Å²) in [6.07, 6.45) is 1.52. The van der Waals surface area contributed by atoms with Crippen molar-refractivity contribution in [2.75, 3.05) is 5.73 Å². The summed E-state index contributed by atoms with van der Waals surface area (Å²) < 4.78 is 3.91. The van der Waals surface area contributed by atoms with Crippen molar-refractivity contribution in [3.63, 3.8) is 0 Å². The van der Waals surface area contributed by atoms with E-state index in [1.165, 1.54) is 4.68 Å². The topological polar surface area (TPSA) is 65.8 Å². The van der Waals surface area contributed by atoms with Crippen LogP contribution >= 0.6 is 12.2 Å². The zero-order chi connectivity index (χ0) is 18.5. The first kappa shape index (κ1) is 16.0. The van der Waals surface area contributed by atoms with E-state index in [0.29, 0.717) is 15.8 Å². The molecular formula is C21H16N4OS. The van der Waals surface area contributed by atoms with Crippen LogP contribution in [0.3, 0.4) is 0 Å². The molecule has 4 aromatic rings. The van der Waals surface area contributed by atoms with Crippen LogP contribution < -0.4 is 11.3 Å². The van der Waals surface area contributed by atoms with Crippen LogP contribution in [0.25, 0.3) is 22.1 Å². The predicted octanol–water partition coefficient (Wildman–Crippen LogP) is 3.59. The second kappa shape index (κ2) is 5.89. The molecular weight excluding hydrogens is 356 g/mol. The maximum absolute atomic E-state index is 13.3. The number of hydrogen-bond donors (Lipinski definition) is 1. The van der Waals surface area contributed by atoms with E-state index in [-0.39, 0.29) is 5.56 Å². The van der Waals surface area contributed by atoms with Crippen molar-refractivity contribution in [2.24, 2.45) is 0 Å². The average Bonchev–Trinajstić information content (AvgIpc) is 3.12. The normalized spacial score (nSPS) is 12.6. The molecule has 0 atom stereocenters. The van der Waals surface area contributed by atoms with E-state index in [0.717, 1.165) is 40.9 Å². The summed E-state index contributed by atoms with van der Waals surface area (Å²) in [5, 5.41) is 5.95. The summed E-state index contributed by atoms with van der Waals surface area (Å²) in [5.74, 6) is 0.366. The number of nitrogen functional groups attached to an aromatic ring is 1. The first-order chi connectivity index (χ1) is 13.2. The van der Waals surface area contributed by atoms with Gasteiger partial charge in [0.15, 0.2) is 0 Å². The zero-order valence-corrected chi connectivity index (χ0v) is 15.2. The summed E-state index contributed by atoms with van der Waals surface area (Å²) in [7, 11) is 0. The summed E-state index contributed by atoms with van der Waals surface area (Å²) in [5.41, 5.74) is 9.74. The van der Waals surface area contributed by atoms with Gasteiger partial charge in [-0.2, -0.15) is 9.78 Å². The number of nitrogens with zero attached hydrogens (tertiary/aromatic N) is 3. The van der Waals surface area contributed by atoms with Gasteiger partial charge < -0.3 is 5.73 Å². The van der Waals surface area contributed by atoms with Gasteiger partial charge in [-0.05, 0) is 42.7 Å². The molecule has 0 saturated heterocycles. The molecule has 2 aromatic heterocycles. The molecule has 5 nitrogen and oxygen atoms in total. The van der Waals surface area contributed by atoms with Crippen LogP contribution in [-0.2, 0) is 12.8 Å². The quantitative estimate of drug-likeness (QED) is 0.546. The second-order valence-corrected chi connectivity index (χ2v) is 6.98. The molecule has 6 heteroatoms. The molecule has 2 aromatic carbocycles. The molecule has 1 aliphatic carbocycles. The number of anilines is 1. The third kappa shape index (κ3) is 2.27. The van der Waals surface area contributed by atoms with Gasteiger partial charge in [0.05, 0.1) is 16.8 Å². The van der Waals surface area contributed by atoms with Gasteiger partial charge in [-0.1, -0.05) is 48.6 Å². The van der Waals surface area contributed by atoms with Crippen LogP contribution in [0, 0.1) is 4.64 Å². The number of aryl methyl sites for hydroxylation is 2. The van der Waals surface area contributed by atoms with Gasteiger partial charge in [0.1, 0.15) is 10.5 Å². The second-order valence-electron chi connectivity index (χ2n) is 6.59. The van der Waals surface area contributed by atoms with E-state index in [4.69, 9.17) is 18.0 Å². The van der Waals surface area contributed by atoms with Crippen molar-refractivity contribution in [1.29, 1.82) is 0 Å². The average molecular weight is 372 g/mol. The molecule has 132 valence electrons. The molecule has 0 fully saturated rings. The number of pyridine rings is 1. The van der Waals surface area contributed by atoms with Gasteiger partial charge in [-0.15, -0.1) is 0 Å². The Morgan fingerprint density at radius 1 is 0.889 bits per heavy atom. The van der Waals surface area contributed by atoms with Crippen molar-refractivity contribution >= 4 is 28.8 Å². The summed E-state index contributed by atoms with van der Waals surface area (Å²) >= 11 is 5.74. The van der Waals surface area contributed by atoms with E-state index in [2.05, 4.69) is 5.10 Å². The molecule has 2 N–H and O–H groups in total. The number of rotatable bonds is 2. The Balaban J connectivity index is 1.95. The van der Waals surface area contributed by atoms with E-state index in [1.54, 1.807) is 4.57 Å². The molecule has 1 aliphatic rings. The van der Waals surface area contributed by atoms with Crippen molar-refractivity contribution in [1.82, 2.24) is 14.3 Å². The lowest BCUT2D eigenvalue weighted by molar-refractivity contribution is 0.780. The number of para-hydroxylation sites is 2. The van der Waals surface area contributed by atoms with Gasteiger partial charge in [-0.25, -0.2) is 0 Å². The van der Waals surface area contributed by atoms with Crippen molar-refractivity contribution in [3.05, 3.63) is 86.9 Å². The maximum Gasteiger partial charge on any atom is 0.283 e. The lowest BCUT2D eigenvalue weighted by atomic mass is 10.1. The fourth-order valence-corrected chi connectivity index (χ4v) is 4.23. The Hall–Kier alpha value is -3.25. The molecule has 27 heavy (non-hydrogen) atoms. The molecule has 0 bridgehead atoms. The first-order valence-corrected chi connectivity index (χ1v) is 9.18. The third-order valence-corrected chi connectivity index (χ3v) is 5.48. The molecule has 0 aliphatic heterocycles. The standard InChI is InChI=1S/C21H16N4OS/c22-19-18-17-15(21(27)24(19)13-7-3-1-4-8-13)11-12-16(17)23-25(20(18)26)14-9-5-2-6-10-14/h1-10H,11-12,22H2. The molecule has 5 rings (SSSR count). The Labute approximate surface area is 160 Å². The smallest absolute Gasteiger partial charge is 0.283 e. The molecule has 0 radical (unpaired) electrons. The Kier molecular flexibility index (Phi) is 3.48. The Morgan fingerprint density at radius 3 is 2.19 bits per heavy atom. The minimum Gasteiger partial charge on any atom is -0.384 e. The summed E-state index contributed by atoms with van der Waals surface area (Å²) in [6, 6.07) is 19.1. The lowest BCUT2D eigenvalue weighted by Crippen LogP contribution is -2.24.